The van der Waals surface area contributed by atoms with Crippen molar-refractivity contribution < 1.29 is 26.1 Å². The van der Waals surface area contributed by atoms with Crippen molar-refractivity contribution >= 4 is 21.4 Å². The Morgan fingerprint density at radius 1 is 1.19 bits per heavy atom. The van der Waals surface area contributed by atoms with Gasteiger partial charge in [-0.3, -0.25) is 0 Å². The summed E-state index contributed by atoms with van der Waals surface area (Å²) < 4.78 is 69.2. The van der Waals surface area contributed by atoms with E-state index in [0.29, 0.717) is 0 Å². The smallest absolute Gasteiger partial charge is 0.515 e. The number of halogens is 3. The molecule has 0 amide bonds. The Balaban J connectivity index is 2.85. The lowest BCUT2D eigenvalue weighted by molar-refractivity contribution is -0.0441. The third-order valence-electron chi connectivity index (χ3n) is 1.45. The maximum absolute atomic E-state index is 11.9. The van der Waals surface area contributed by atoms with Gasteiger partial charge in [-0.05, 0) is 16.3 Å². The molecule has 4 nitrogen and oxygen atoms in total. The summed E-state index contributed by atoms with van der Waals surface area (Å²) in [6.45, 7) is 0. The predicted molar refractivity (Wildman–Crippen MR) is 51.0 cm³/mol. The molecule has 0 fully saturated rings. The molecule has 0 heterocycles. The van der Waals surface area contributed by atoms with Gasteiger partial charge in [0.05, 0.1) is 11.4 Å². The lowest BCUT2D eigenvalue weighted by Gasteiger charge is -2.12. The quantitative estimate of drug-likeness (QED) is 0.840. The van der Waals surface area contributed by atoms with E-state index in [1.54, 1.807) is 6.07 Å². The van der Waals surface area contributed by atoms with E-state index in [2.05, 4.69) is 0 Å². The first-order valence-electron chi connectivity index (χ1n) is 3.79. The zero-order valence-corrected chi connectivity index (χ0v) is 9.19. The zero-order chi connectivity index (χ0) is 12.4. The molecule has 1 aromatic carbocycles. The number of benzene rings is 1. The minimum absolute atomic E-state index is 0.0599. The Bertz CT molecular complexity index is 446. The number of rotatable bonds is 3. The summed E-state index contributed by atoms with van der Waals surface area (Å²) in [5.41, 5.74) is -5.47. The van der Waals surface area contributed by atoms with Crippen molar-refractivity contribution in [2.24, 2.45) is 0 Å². The van der Waals surface area contributed by atoms with E-state index in [0.717, 1.165) is 4.13 Å². The van der Waals surface area contributed by atoms with E-state index in [4.69, 9.17) is 0 Å². The van der Waals surface area contributed by atoms with Crippen molar-refractivity contribution in [1.82, 2.24) is 4.13 Å². The number of sulfonamides is 1. The first-order valence-corrected chi connectivity index (χ1v) is 6.43. The molecule has 1 rings (SSSR count). The van der Waals surface area contributed by atoms with Gasteiger partial charge >= 0.3 is 15.5 Å². The lowest BCUT2D eigenvalue weighted by atomic mass is 10.4. The van der Waals surface area contributed by atoms with Gasteiger partial charge in [0.15, 0.2) is 4.90 Å². The molecule has 90 valence electrons. The Hall–Kier alpha value is -0.770. The van der Waals surface area contributed by atoms with Gasteiger partial charge in [0.25, 0.3) is 0 Å². The molecule has 1 unspecified atom stereocenters. The minimum atomic E-state index is -5.60. The molecule has 9 heteroatoms. The van der Waals surface area contributed by atoms with E-state index in [-0.39, 0.29) is 4.90 Å². The Kier molecular flexibility index (Phi) is 3.84. The van der Waals surface area contributed by atoms with Gasteiger partial charge in [-0.15, -0.1) is 0 Å². The van der Waals surface area contributed by atoms with E-state index in [9.17, 15) is 26.1 Å². The molecule has 1 N–H and O–H groups in total. The molecule has 1 aromatic rings. The molecule has 0 spiro atoms. The van der Waals surface area contributed by atoms with Crippen LogP contribution in [0.4, 0.5) is 13.2 Å². The fourth-order valence-electron chi connectivity index (χ4n) is 0.739. The second kappa shape index (κ2) is 4.62. The molecule has 0 aliphatic heterocycles. The van der Waals surface area contributed by atoms with Crippen molar-refractivity contribution in [1.29, 1.82) is 0 Å². The van der Waals surface area contributed by atoms with Gasteiger partial charge < -0.3 is 4.55 Å². The van der Waals surface area contributed by atoms with E-state index in [1.165, 1.54) is 24.3 Å². The van der Waals surface area contributed by atoms with Crippen LogP contribution in [-0.2, 0) is 21.4 Å². The largest absolute Gasteiger partial charge is 0.592 e. The van der Waals surface area contributed by atoms with Gasteiger partial charge in [-0.2, -0.15) is 21.6 Å². The van der Waals surface area contributed by atoms with Crippen molar-refractivity contribution in [2.45, 2.75) is 10.4 Å². The summed E-state index contributed by atoms with van der Waals surface area (Å²) in [6, 6.07) is 6.90. The van der Waals surface area contributed by atoms with Crippen LogP contribution in [0.25, 0.3) is 0 Å². The van der Waals surface area contributed by atoms with Crippen LogP contribution < -0.4 is 4.13 Å². The monoisotopic (exact) mass is 273 g/mol. The average molecular weight is 273 g/mol. The average Bonchev–Trinajstić information content (AvgIpc) is 2.16. The van der Waals surface area contributed by atoms with Crippen LogP contribution in [0.5, 0.6) is 0 Å². The topological polar surface area (TPSA) is 69.2 Å². The highest BCUT2D eigenvalue weighted by molar-refractivity contribution is 8.05. The first-order chi connectivity index (χ1) is 7.24. The van der Waals surface area contributed by atoms with E-state index < -0.39 is 26.9 Å². The van der Waals surface area contributed by atoms with Crippen molar-refractivity contribution in [3.63, 3.8) is 0 Å². The normalized spacial score (nSPS) is 14.8. The summed E-state index contributed by atoms with van der Waals surface area (Å²) in [5, 5.41) is 0. The van der Waals surface area contributed by atoms with Crippen LogP contribution in [0.1, 0.15) is 0 Å². The van der Waals surface area contributed by atoms with Crippen LogP contribution in [0.2, 0.25) is 0 Å². The summed E-state index contributed by atoms with van der Waals surface area (Å²) in [7, 11) is -5.60. The molecular formula is C7H6F3NO3S2. The molecule has 0 aliphatic rings. The van der Waals surface area contributed by atoms with Crippen LogP contribution >= 0.6 is 0 Å². The molecule has 0 aliphatic carbocycles. The Labute approximate surface area is 92.8 Å². The van der Waals surface area contributed by atoms with E-state index in [1.807, 2.05) is 0 Å². The predicted octanol–water partition coefficient (Wildman–Crippen LogP) is 1.15. The van der Waals surface area contributed by atoms with Crippen LogP contribution in [0.15, 0.2) is 35.2 Å². The summed E-state index contributed by atoms with van der Waals surface area (Å²) in [5.74, 6) is 0. The SMILES string of the molecule is O=S(=O)(N[S+]([O-])c1ccccc1)C(F)(F)F. The van der Waals surface area contributed by atoms with Gasteiger partial charge in [0, 0.05) is 0 Å². The lowest BCUT2D eigenvalue weighted by Crippen LogP contribution is -2.40. The molecule has 0 saturated carbocycles. The van der Waals surface area contributed by atoms with Crippen LogP contribution in [0.3, 0.4) is 0 Å². The highest BCUT2D eigenvalue weighted by Crippen LogP contribution is 2.23. The maximum atomic E-state index is 11.9. The van der Waals surface area contributed by atoms with Gasteiger partial charge in [0.2, 0.25) is 0 Å². The number of hydrogen-bond donors (Lipinski definition) is 1. The van der Waals surface area contributed by atoms with Gasteiger partial charge in [-0.1, -0.05) is 18.2 Å². The van der Waals surface area contributed by atoms with Crippen molar-refractivity contribution in [2.75, 3.05) is 0 Å². The standard InChI is InChI=1S/C7H6F3NO3S2/c8-7(9,10)16(13,14)11-15(12)6-4-2-1-3-5-6/h1-5,11H. The first kappa shape index (κ1) is 13.3. The number of alkyl halides is 3. The second-order valence-corrected chi connectivity index (χ2v) is 5.76. The molecule has 0 bridgehead atoms. The molecular weight excluding hydrogens is 267 g/mol. The van der Waals surface area contributed by atoms with Crippen molar-refractivity contribution in [3.05, 3.63) is 30.3 Å². The molecule has 0 aromatic heterocycles. The molecule has 0 radical (unpaired) electrons. The summed E-state index contributed by atoms with van der Waals surface area (Å²) in [6.07, 6.45) is 0. The van der Waals surface area contributed by atoms with Crippen molar-refractivity contribution in [3.8, 4) is 0 Å². The molecule has 1 atom stereocenters. The minimum Gasteiger partial charge on any atom is -0.592 e. The highest BCUT2D eigenvalue weighted by Gasteiger charge is 2.49. The van der Waals surface area contributed by atoms with E-state index >= 15 is 0 Å². The third kappa shape index (κ3) is 3.11. The maximum Gasteiger partial charge on any atom is 0.515 e. The molecule has 0 saturated heterocycles. The van der Waals surface area contributed by atoms with Crippen LogP contribution in [0, 0.1) is 0 Å². The summed E-state index contributed by atoms with van der Waals surface area (Å²) >= 11 is -2.46. The highest BCUT2D eigenvalue weighted by atomic mass is 32.3. The Morgan fingerprint density at radius 3 is 2.12 bits per heavy atom. The summed E-state index contributed by atoms with van der Waals surface area (Å²) in [4.78, 5) is -0.0599. The number of nitrogens with one attached hydrogen (secondary N) is 1. The third-order valence-corrected chi connectivity index (χ3v) is 4.24. The molecule has 16 heavy (non-hydrogen) atoms. The fourth-order valence-corrected chi connectivity index (χ4v) is 2.70. The second-order valence-electron chi connectivity index (χ2n) is 2.61. The van der Waals surface area contributed by atoms with Gasteiger partial charge in [-0.25, -0.2) is 0 Å². The fraction of sp³-hybridized carbons (Fsp3) is 0.143. The van der Waals surface area contributed by atoms with Gasteiger partial charge in [0.1, 0.15) is 0 Å². The Morgan fingerprint density at radius 2 is 1.69 bits per heavy atom. The number of hydrogen-bond acceptors (Lipinski definition) is 3. The van der Waals surface area contributed by atoms with Crippen LogP contribution in [-0.4, -0.2) is 18.5 Å². The zero-order valence-electron chi connectivity index (χ0n) is 7.56.